The van der Waals surface area contributed by atoms with Crippen molar-refractivity contribution in [2.45, 2.75) is 44.4 Å². The third-order valence-electron chi connectivity index (χ3n) is 3.16. The van der Waals surface area contributed by atoms with E-state index < -0.39 is 6.61 Å². The molecule has 2 rings (SSSR count). The molecule has 3 nitrogen and oxygen atoms in total. The van der Waals surface area contributed by atoms with Crippen molar-refractivity contribution in [1.29, 1.82) is 0 Å². The average Bonchev–Trinajstić information content (AvgIpc) is 2.34. The summed E-state index contributed by atoms with van der Waals surface area (Å²) >= 11 is 0. The molecule has 0 bridgehead atoms. The zero-order valence-electron chi connectivity index (χ0n) is 9.98. The van der Waals surface area contributed by atoms with Crippen molar-refractivity contribution in [2.24, 2.45) is 0 Å². The molecule has 0 saturated heterocycles. The summed E-state index contributed by atoms with van der Waals surface area (Å²) in [6.07, 6.45) is 3.55. The number of ether oxygens (including phenoxy) is 1. The van der Waals surface area contributed by atoms with Gasteiger partial charge in [-0.3, -0.25) is 0 Å². The number of hydrogen-bond donors (Lipinski definition) is 2. The van der Waals surface area contributed by atoms with E-state index in [9.17, 15) is 13.9 Å². The highest BCUT2D eigenvalue weighted by atomic mass is 19.3. The lowest BCUT2D eigenvalue weighted by atomic mass is 9.92. The Morgan fingerprint density at radius 3 is 2.44 bits per heavy atom. The van der Waals surface area contributed by atoms with Crippen LogP contribution in [0.1, 0.15) is 25.7 Å². The molecule has 0 spiro atoms. The van der Waals surface area contributed by atoms with Crippen LogP contribution in [0.15, 0.2) is 24.3 Å². The SMILES string of the molecule is O[C@@H]1CCCC[C@H]1Nc1ccc(OC(F)F)cc1. The molecule has 1 aliphatic rings. The van der Waals surface area contributed by atoms with Gasteiger partial charge in [-0.05, 0) is 37.1 Å². The van der Waals surface area contributed by atoms with Crippen LogP contribution in [0.25, 0.3) is 0 Å². The third kappa shape index (κ3) is 3.57. The van der Waals surface area contributed by atoms with E-state index in [0.717, 1.165) is 31.4 Å². The minimum absolute atomic E-state index is 0.0422. The van der Waals surface area contributed by atoms with E-state index in [0.29, 0.717) is 0 Å². The molecule has 0 amide bonds. The van der Waals surface area contributed by atoms with Crippen molar-refractivity contribution in [2.75, 3.05) is 5.32 Å². The monoisotopic (exact) mass is 257 g/mol. The molecule has 0 radical (unpaired) electrons. The Morgan fingerprint density at radius 2 is 1.83 bits per heavy atom. The molecular weight excluding hydrogens is 240 g/mol. The molecule has 0 heterocycles. The zero-order valence-corrected chi connectivity index (χ0v) is 9.98. The van der Waals surface area contributed by atoms with Gasteiger partial charge in [0.2, 0.25) is 0 Å². The summed E-state index contributed by atoms with van der Waals surface area (Å²) in [4.78, 5) is 0. The average molecular weight is 257 g/mol. The first kappa shape index (κ1) is 13.1. The molecule has 5 heteroatoms. The highest BCUT2D eigenvalue weighted by Gasteiger charge is 2.22. The van der Waals surface area contributed by atoms with Crippen molar-refractivity contribution in [3.05, 3.63) is 24.3 Å². The predicted octanol–water partition coefficient (Wildman–Crippen LogP) is 3.00. The van der Waals surface area contributed by atoms with E-state index in [2.05, 4.69) is 10.1 Å². The fourth-order valence-electron chi connectivity index (χ4n) is 2.23. The Bertz CT molecular complexity index is 370. The lowest BCUT2D eigenvalue weighted by Gasteiger charge is -2.29. The summed E-state index contributed by atoms with van der Waals surface area (Å²) in [5, 5.41) is 13.0. The molecule has 2 N–H and O–H groups in total. The number of nitrogens with one attached hydrogen (secondary N) is 1. The van der Waals surface area contributed by atoms with E-state index in [1.54, 1.807) is 12.1 Å². The lowest BCUT2D eigenvalue weighted by molar-refractivity contribution is -0.0498. The molecule has 1 saturated carbocycles. The second-order valence-electron chi connectivity index (χ2n) is 4.51. The highest BCUT2D eigenvalue weighted by Crippen LogP contribution is 2.24. The van der Waals surface area contributed by atoms with Gasteiger partial charge in [0.1, 0.15) is 5.75 Å². The van der Waals surface area contributed by atoms with Gasteiger partial charge in [-0.1, -0.05) is 12.8 Å². The molecule has 1 aliphatic carbocycles. The maximum atomic E-state index is 12.0. The molecule has 2 atom stereocenters. The molecule has 0 aromatic heterocycles. The van der Waals surface area contributed by atoms with Crippen LogP contribution < -0.4 is 10.1 Å². The smallest absolute Gasteiger partial charge is 0.387 e. The first-order chi connectivity index (χ1) is 8.65. The van der Waals surface area contributed by atoms with Crippen LogP contribution in [-0.2, 0) is 0 Å². The maximum absolute atomic E-state index is 12.0. The highest BCUT2D eigenvalue weighted by molar-refractivity contribution is 5.47. The van der Waals surface area contributed by atoms with Crippen LogP contribution >= 0.6 is 0 Å². The van der Waals surface area contributed by atoms with E-state index in [-0.39, 0.29) is 17.9 Å². The van der Waals surface area contributed by atoms with Gasteiger partial charge in [-0.2, -0.15) is 8.78 Å². The normalized spacial score (nSPS) is 24.0. The first-order valence-electron chi connectivity index (χ1n) is 6.14. The van der Waals surface area contributed by atoms with Gasteiger partial charge in [0.05, 0.1) is 12.1 Å². The summed E-state index contributed by atoms with van der Waals surface area (Å²) in [5.41, 5.74) is 0.808. The number of rotatable bonds is 4. The fourth-order valence-corrected chi connectivity index (χ4v) is 2.23. The summed E-state index contributed by atoms with van der Waals surface area (Å²) in [7, 11) is 0. The topological polar surface area (TPSA) is 41.5 Å². The summed E-state index contributed by atoms with van der Waals surface area (Å²) in [6, 6.07) is 6.38. The molecule has 0 unspecified atom stereocenters. The number of aliphatic hydroxyl groups is 1. The van der Waals surface area contributed by atoms with E-state index in [1.165, 1.54) is 12.1 Å². The minimum atomic E-state index is -2.80. The fraction of sp³-hybridized carbons (Fsp3) is 0.538. The van der Waals surface area contributed by atoms with Crippen LogP contribution in [-0.4, -0.2) is 23.9 Å². The van der Waals surface area contributed by atoms with E-state index in [1.807, 2.05) is 0 Å². The number of alkyl halides is 2. The Kier molecular flexibility index (Phi) is 4.36. The summed E-state index contributed by atoms with van der Waals surface area (Å²) < 4.78 is 28.2. The van der Waals surface area contributed by atoms with E-state index >= 15 is 0 Å². The number of benzene rings is 1. The van der Waals surface area contributed by atoms with Crippen molar-refractivity contribution in [3.8, 4) is 5.75 Å². The van der Waals surface area contributed by atoms with Crippen molar-refractivity contribution in [3.63, 3.8) is 0 Å². The molecule has 1 aromatic rings. The van der Waals surface area contributed by atoms with Crippen LogP contribution in [0.4, 0.5) is 14.5 Å². The Labute approximate surface area is 105 Å². The molecule has 1 aromatic carbocycles. The lowest BCUT2D eigenvalue weighted by Crippen LogP contribution is -2.36. The van der Waals surface area contributed by atoms with Crippen molar-refractivity contribution in [1.82, 2.24) is 0 Å². The second kappa shape index (κ2) is 6.00. The van der Waals surface area contributed by atoms with Crippen molar-refractivity contribution < 1.29 is 18.6 Å². The Morgan fingerprint density at radius 1 is 1.17 bits per heavy atom. The number of aliphatic hydroxyl groups excluding tert-OH is 1. The molecule has 1 fully saturated rings. The summed E-state index contributed by atoms with van der Waals surface area (Å²) in [6.45, 7) is -2.80. The quantitative estimate of drug-likeness (QED) is 0.871. The number of halogens is 2. The number of hydrogen-bond acceptors (Lipinski definition) is 3. The number of anilines is 1. The van der Waals surface area contributed by atoms with Gasteiger partial charge in [-0.15, -0.1) is 0 Å². The van der Waals surface area contributed by atoms with Crippen LogP contribution in [0, 0.1) is 0 Å². The van der Waals surface area contributed by atoms with Gasteiger partial charge in [0, 0.05) is 5.69 Å². The molecule has 100 valence electrons. The Balaban J connectivity index is 1.93. The second-order valence-corrected chi connectivity index (χ2v) is 4.51. The van der Waals surface area contributed by atoms with Crippen LogP contribution in [0.5, 0.6) is 5.75 Å². The third-order valence-corrected chi connectivity index (χ3v) is 3.16. The van der Waals surface area contributed by atoms with Gasteiger partial charge >= 0.3 is 6.61 Å². The summed E-state index contributed by atoms with van der Waals surface area (Å²) in [5.74, 6) is 0.139. The van der Waals surface area contributed by atoms with Crippen LogP contribution in [0.2, 0.25) is 0 Å². The molecule has 0 aliphatic heterocycles. The van der Waals surface area contributed by atoms with E-state index in [4.69, 9.17) is 0 Å². The van der Waals surface area contributed by atoms with Crippen LogP contribution in [0.3, 0.4) is 0 Å². The molecule has 18 heavy (non-hydrogen) atoms. The van der Waals surface area contributed by atoms with Gasteiger partial charge in [0.15, 0.2) is 0 Å². The first-order valence-corrected chi connectivity index (χ1v) is 6.14. The predicted molar refractivity (Wildman–Crippen MR) is 65.0 cm³/mol. The maximum Gasteiger partial charge on any atom is 0.387 e. The largest absolute Gasteiger partial charge is 0.435 e. The standard InChI is InChI=1S/C13H17F2NO2/c14-13(15)18-10-7-5-9(6-8-10)16-11-3-1-2-4-12(11)17/h5-8,11-13,16-17H,1-4H2/t11-,12-/m1/s1. The van der Waals surface area contributed by atoms with Gasteiger partial charge in [-0.25, -0.2) is 0 Å². The van der Waals surface area contributed by atoms with Gasteiger partial charge < -0.3 is 15.2 Å². The Hall–Kier alpha value is -1.36. The molecular formula is C13H17F2NO2. The minimum Gasteiger partial charge on any atom is -0.435 e. The van der Waals surface area contributed by atoms with Crippen molar-refractivity contribution >= 4 is 5.69 Å². The zero-order chi connectivity index (χ0) is 13.0. The van der Waals surface area contributed by atoms with Gasteiger partial charge in [0.25, 0.3) is 0 Å².